The van der Waals surface area contributed by atoms with Crippen molar-refractivity contribution in [1.29, 1.82) is 0 Å². The number of hydrogen-bond acceptors (Lipinski definition) is 1. The largest absolute Gasteiger partial charge is 0.306 e. The molecule has 0 aliphatic rings. The number of benzene rings is 2. The molecule has 100 valence electrons. The molecule has 0 aliphatic carbocycles. The van der Waals surface area contributed by atoms with Gasteiger partial charge in [0.05, 0.1) is 6.04 Å². The monoisotopic (exact) mass is 385 g/mol. The average Bonchev–Trinajstić information content (AvgIpc) is 2.41. The Morgan fingerprint density at radius 1 is 1.11 bits per heavy atom. The zero-order chi connectivity index (χ0) is 13.7. The lowest BCUT2D eigenvalue weighted by molar-refractivity contribution is 0.598. The van der Waals surface area contributed by atoms with Crippen molar-refractivity contribution in [3.05, 3.63) is 68.3 Å². The van der Waals surface area contributed by atoms with Gasteiger partial charge in [0.2, 0.25) is 0 Å². The smallest absolute Gasteiger partial charge is 0.0577 e. The molecular weight excluding hydrogens is 369 g/mol. The summed E-state index contributed by atoms with van der Waals surface area (Å²) in [5, 5.41) is 4.38. The van der Waals surface area contributed by atoms with Gasteiger partial charge in [-0.3, -0.25) is 0 Å². The van der Waals surface area contributed by atoms with E-state index in [-0.39, 0.29) is 6.04 Å². The van der Waals surface area contributed by atoms with Crippen LogP contribution in [0.1, 0.15) is 30.5 Å². The van der Waals surface area contributed by atoms with E-state index < -0.39 is 0 Å². The minimum absolute atomic E-state index is 0.229. The van der Waals surface area contributed by atoms with Gasteiger partial charge in [-0.15, -0.1) is 0 Å². The summed E-state index contributed by atoms with van der Waals surface area (Å²) in [5.41, 5.74) is 2.54. The number of halogens is 2. The predicted octanol–water partition coefficient (Wildman–Crippen LogP) is 5.03. The maximum absolute atomic E-state index is 5.97. The summed E-state index contributed by atoms with van der Waals surface area (Å²) in [6.07, 6.45) is 1.12. The molecular formula is C16H17ClIN. The van der Waals surface area contributed by atoms with E-state index >= 15 is 0 Å². The molecule has 1 N–H and O–H groups in total. The van der Waals surface area contributed by atoms with Crippen molar-refractivity contribution in [3.63, 3.8) is 0 Å². The Hall–Kier alpha value is -0.580. The molecule has 0 saturated carbocycles. The zero-order valence-electron chi connectivity index (χ0n) is 10.9. The second-order valence-corrected chi connectivity index (χ2v) is 6.18. The summed E-state index contributed by atoms with van der Waals surface area (Å²) in [6.45, 7) is 3.18. The molecule has 1 nitrogen and oxygen atoms in total. The first-order chi connectivity index (χ1) is 9.20. The summed E-state index contributed by atoms with van der Waals surface area (Å²) in [6, 6.07) is 16.9. The third kappa shape index (κ3) is 4.20. The zero-order valence-corrected chi connectivity index (χ0v) is 13.8. The number of nitrogens with one attached hydrogen (secondary N) is 1. The third-order valence-electron chi connectivity index (χ3n) is 2.98. The van der Waals surface area contributed by atoms with Gasteiger partial charge in [-0.2, -0.15) is 0 Å². The average molecular weight is 386 g/mol. The first-order valence-corrected chi connectivity index (χ1v) is 7.90. The van der Waals surface area contributed by atoms with Crippen LogP contribution in [0.15, 0.2) is 48.5 Å². The van der Waals surface area contributed by atoms with Crippen molar-refractivity contribution in [3.8, 4) is 0 Å². The fourth-order valence-corrected chi connectivity index (χ4v) is 2.75. The second kappa shape index (κ2) is 7.27. The van der Waals surface area contributed by atoms with Gasteiger partial charge in [0.1, 0.15) is 0 Å². The summed E-state index contributed by atoms with van der Waals surface area (Å²) >= 11 is 8.32. The highest BCUT2D eigenvalue weighted by atomic mass is 127. The Morgan fingerprint density at radius 3 is 2.47 bits per heavy atom. The Labute approximate surface area is 133 Å². The Morgan fingerprint density at radius 2 is 1.84 bits per heavy atom. The molecule has 0 aliphatic heterocycles. The van der Waals surface area contributed by atoms with Gasteiger partial charge in [0.15, 0.2) is 0 Å². The standard InChI is InChI=1S/C16H17ClIN/c1-2-10-19-16(12-6-8-14(17)9-7-12)13-4-3-5-15(18)11-13/h3-9,11,16,19H,2,10H2,1H3. The van der Waals surface area contributed by atoms with Gasteiger partial charge in [-0.1, -0.05) is 42.8 Å². The molecule has 0 aromatic heterocycles. The molecule has 2 aromatic carbocycles. The summed E-state index contributed by atoms with van der Waals surface area (Å²) in [7, 11) is 0. The fraction of sp³-hybridized carbons (Fsp3) is 0.250. The third-order valence-corrected chi connectivity index (χ3v) is 3.91. The number of rotatable bonds is 5. The van der Waals surface area contributed by atoms with Crippen LogP contribution in [0, 0.1) is 3.57 Å². The Balaban J connectivity index is 2.32. The van der Waals surface area contributed by atoms with Gasteiger partial charge in [-0.05, 0) is 70.9 Å². The minimum Gasteiger partial charge on any atom is -0.306 e. The van der Waals surface area contributed by atoms with E-state index in [1.54, 1.807) is 0 Å². The van der Waals surface area contributed by atoms with E-state index in [9.17, 15) is 0 Å². The summed E-state index contributed by atoms with van der Waals surface area (Å²) in [4.78, 5) is 0. The second-order valence-electron chi connectivity index (χ2n) is 4.49. The van der Waals surface area contributed by atoms with Crippen LogP contribution >= 0.6 is 34.2 Å². The van der Waals surface area contributed by atoms with Crippen molar-refractivity contribution >= 4 is 34.2 Å². The molecule has 0 radical (unpaired) electrons. The van der Waals surface area contributed by atoms with Gasteiger partial charge in [0.25, 0.3) is 0 Å². The van der Waals surface area contributed by atoms with Crippen molar-refractivity contribution in [1.82, 2.24) is 5.32 Å². The summed E-state index contributed by atoms with van der Waals surface area (Å²) < 4.78 is 1.26. The molecule has 1 unspecified atom stereocenters. The molecule has 2 aromatic rings. The lowest BCUT2D eigenvalue weighted by atomic mass is 9.98. The molecule has 0 spiro atoms. The van der Waals surface area contributed by atoms with Crippen LogP contribution in [-0.4, -0.2) is 6.54 Å². The van der Waals surface area contributed by atoms with E-state index in [1.165, 1.54) is 14.7 Å². The van der Waals surface area contributed by atoms with E-state index in [0.717, 1.165) is 18.0 Å². The lowest BCUT2D eigenvalue weighted by Crippen LogP contribution is -2.23. The molecule has 0 bridgehead atoms. The van der Waals surface area contributed by atoms with Crippen LogP contribution in [0.25, 0.3) is 0 Å². The minimum atomic E-state index is 0.229. The van der Waals surface area contributed by atoms with Crippen molar-refractivity contribution in [2.24, 2.45) is 0 Å². The van der Waals surface area contributed by atoms with Crippen molar-refractivity contribution in [2.75, 3.05) is 6.54 Å². The maximum atomic E-state index is 5.97. The highest BCUT2D eigenvalue weighted by Crippen LogP contribution is 2.24. The SMILES string of the molecule is CCCNC(c1ccc(Cl)cc1)c1cccc(I)c1. The molecule has 1 atom stereocenters. The van der Waals surface area contributed by atoms with Crippen LogP contribution in [0.4, 0.5) is 0 Å². The van der Waals surface area contributed by atoms with Gasteiger partial charge >= 0.3 is 0 Å². The van der Waals surface area contributed by atoms with Crippen LogP contribution in [0.3, 0.4) is 0 Å². The fourth-order valence-electron chi connectivity index (χ4n) is 2.06. The molecule has 0 amide bonds. The first kappa shape index (κ1) is 14.8. The van der Waals surface area contributed by atoms with Crippen LogP contribution in [-0.2, 0) is 0 Å². The first-order valence-electron chi connectivity index (χ1n) is 6.45. The molecule has 0 fully saturated rings. The van der Waals surface area contributed by atoms with Crippen molar-refractivity contribution < 1.29 is 0 Å². The van der Waals surface area contributed by atoms with Gasteiger partial charge in [-0.25, -0.2) is 0 Å². The predicted molar refractivity (Wildman–Crippen MR) is 90.7 cm³/mol. The van der Waals surface area contributed by atoms with Gasteiger partial charge < -0.3 is 5.32 Å². The van der Waals surface area contributed by atoms with E-state index in [2.05, 4.69) is 71.2 Å². The van der Waals surface area contributed by atoms with Gasteiger partial charge in [0, 0.05) is 8.59 Å². The topological polar surface area (TPSA) is 12.0 Å². The highest BCUT2D eigenvalue weighted by Gasteiger charge is 2.13. The molecule has 0 heterocycles. The molecule has 2 rings (SSSR count). The number of hydrogen-bond donors (Lipinski definition) is 1. The lowest BCUT2D eigenvalue weighted by Gasteiger charge is -2.20. The quantitative estimate of drug-likeness (QED) is 0.712. The van der Waals surface area contributed by atoms with Crippen LogP contribution < -0.4 is 5.32 Å². The molecule has 0 saturated heterocycles. The Bertz CT molecular complexity index is 525. The molecule has 3 heteroatoms. The van der Waals surface area contributed by atoms with E-state index in [4.69, 9.17) is 11.6 Å². The highest BCUT2D eigenvalue weighted by molar-refractivity contribution is 14.1. The summed E-state index contributed by atoms with van der Waals surface area (Å²) in [5.74, 6) is 0. The van der Waals surface area contributed by atoms with E-state index in [0.29, 0.717) is 0 Å². The Kier molecular flexibility index (Phi) is 5.67. The molecule has 19 heavy (non-hydrogen) atoms. The maximum Gasteiger partial charge on any atom is 0.0577 e. The van der Waals surface area contributed by atoms with Crippen LogP contribution in [0.5, 0.6) is 0 Å². The normalized spacial score (nSPS) is 12.4. The van der Waals surface area contributed by atoms with Crippen molar-refractivity contribution in [2.45, 2.75) is 19.4 Å². The van der Waals surface area contributed by atoms with E-state index in [1.807, 2.05) is 12.1 Å². The van der Waals surface area contributed by atoms with Crippen LogP contribution in [0.2, 0.25) is 5.02 Å².